The van der Waals surface area contributed by atoms with Crippen LogP contribution in [0.1, 0.15) is 17.3 Å². The highest BCUT2D eigenvalue weighted by Gasteiger charge is 2.36. The van der Waals surface area contributed by atoms with E-state index in [0.717, 1.165) is 11.6 Å². The third-order valence-corrected chi connectivity index (χ3v) is 5.27. The molecule has 7 nitrogen and oxygen atoms in total. The van der Waals surface area contributed by atoms with Gasteiger partial charge in [0.15, 0.2) is 5.69 Å². The highest BCUT2D eigenvalue weighted by Crippen LogP contribution is 2.32. The summed E-state index contributed by atoms with van der Waals surface area (Å²) in [7, 11) is 4.56. The molecule has 1 aliphatic heterocycles. The topological polar surface area (TPSA) is 61.8 Å². The first-order valence-electron chi connectivity index (χ1n) is 9.56. The number of benzene rings is 1. The Balaban J connectivity index is 1.81. The number of hydrogen-bond donors (Lipinski definition) is 0. The predicted octanol–water partition coefficient (Wildman–Crippen LogP) is 3.25. The standard InChI is InChI=1S/C20H23ClF3N5O2/c1-27(2)16-12-15(20(22,23)24)25-19(26-16)29-10-8-28(9-11-29)17(18(30)31-3)13-4-6-14(21)7-5-13/h4-7,12,17H,8-11H2,1-3H3. The van der Waals surface area contributed by atoms with Crippen LogP contribution in [0.15, 0.2) is 30.3 Å². The van der Waals surface area contributed by atoms with Gasteiger partial charge in [-0.05, 0) is 17.7 Å². The van der Waals surface area contributed by atoms with Gasteiger partial charge in [-0.1, -0.05) is 23.7 Å². The summed E-state index contributed by atoms with van der Waals surface area (Å²) >= 11 is 5.95. The van der Waals surface area contributed by atoms with Gasteiger partial charge >= 0.3 is 12.1 Å². The van der Waals surface area contributed by atoms with Crippen molar-refractivity contribution < 1.29 is 22.7 Å². The number of alkyl halides is 3. The van der Waals surface area contributed by atoms with Crippen LogP contribution >= 0.6 is 11.6 Å². The van der Waals surface area contributed by atoms with Crippen molar-refractivity contribution >= 4 is 29.3 Å². The summed E-state index contributed by atoms with van der Waals surface area (Å²) in [5, 5.41) is 0.551. The van der Waals surface area contributed by atoms with Crippen LogP contribution in [0.5, 0.6) is 0 Å². The molecule has 0 spiro atoms. The monoisotopic (exact) mass is 457 g/mol. The first kappa shape index (κ1) is 23.1. The number of esters is 1. The van der Waals surface area contributed by atoms with Gasteiger partial charge in [-0.15, -0.1) is 0 Å². The number of nitrogens with zero attached hydrogens (tertiary/aromatic N) is 5. The van der Waals surface area contributed by atoms with Crippen LogP contribution in [0.2, 0.25) is 5.02 Å². The number of rotatable bonds is 5. The van der Waals surface area contributed by atoms with Gasteiger partial charge in [0.2, 0.25) is 5.95 Å². The number of piperazine rings is 1. The molecule has 0 saturated carbocycles. The third kappa shape index (κ3) is 5.37. The van der Waals surface area contributed by atoms with E-state index in [1.807, 2.05) is 4.90 Å². The Morgan fingerprint density at radius 1 is 1.13 bits per heavy atom. The summed E-state index contributed by atoms with van der Waals surface area (Å²) < 4.78 is 44.9. The van der Waals surface area contributed by atoms with E-state index in [2.05, 4.69) is 9.97 Å². The summed E-state index contributed by atoms with van der Waals surface area (Å²) in [6.45, 7) is 1.54. The Morgan fingerprint density at radius 2 is 1.74 bits per heavy atom. The molecular formula is C20H23ClF3N5O2. The minimum Gasteiger partial charge on any atom is -0.468 e. The van der Waals surface area contributed by atoms with E-state index in [1.54, 1.807) is 43.3 Å². The van der Waals surface area contributed by atoms with Crippen LogP contribution in [0.25, 0.3) is 0 Å². The van der Waals surface area contributed by atoms with Crippen molar-refractivity contribution in [1.82, 2.24) is 14.9 Å². The molecule has 168 valence electrons. The fraction of sp³-hybridized carbons (Fsp3) is 0.450. The highest BCUT2D eigenvalue weighted by atomic mass is 35.5. The minimum atomic E-state index is -4.57. The number of ether oxygens (including phenoxy) is 1. The van der Waals surface area contributed by atoms with Crippen molar-refractivity contribution in [3.63, 3.8) is 0 Å². The molecule has 0 bridgehead atoms. The molecule has 1 aromatic carbocycles. The first-order chi connectivity index (χ1) is 14.6. The Labute approximate surface area is 183 Å². The molecular weight excluding hydrogens is 435 g/mol. The molecule has 0 N–H and O–H groups in total. The van der Waals surface area contributed by atoms with Crippen LogP contribution in [0.3, 0.4) is 0 Å². The average Bonchev–Trinajstić information content (AvgIpc) is 2.74. The number of methoxy groups -OCH3 is 1. The van der Waals surface area contributed by atoms with Crippen LogP contribution in [-0.2, 0) is 15.7 Å². The van der Waals surface area contributed by atoms with Crippen LogP contribution in [-0.4, -0.2) is 68.2 Å². The minimum absolute atomic E-state index is 0.0132. The largest absolute Gasteiger partial charge is 0.468 e. The third-order valence-electron chi connectivity index (χ3n) is 5.02. The fourth-order valence-electron chi connectivity index (χ4n) is 3.37. The molecule has 1 unspecified atom stereocenters. The zero-order chi connectivity index (χ0) is 22.8. The Hall–Kier alpha value is -2.59. The maximum absolute atomic E-state index is 13.3. The SMILES string of the molecule is COC(=O)C(c1ccc(Cl)cc1)N1CCN(c2nc(N(C)C)cc(C(F)(F)F)n2)CC1. The molecule has 2 aromatic rings. The van der Waals surface area contributed by atoms with Gasteiger partial charge in [-0.3, -0.25) is 4.90 Å². The summed E-state index contributed by atoms with van der Waals surface area (Å²) in [4.78, 5) is 25.6. The van der Waals surface area contributed by atoms with E-state index in [4.69, 9.17) is 16.3 Å². The van der Waals surface area contributed by atoms with E-state index in [0.29, 0.717) is 31.2 Å². The Kier molecular flexibility index (Phi) is 6.90. The second kappa shape index (κ2) is 9.27. The number of carbonyl (C=O) groups excluding carboxylic acids is 1. The molecule has 1 fully saturated rings. The molecule has 0 amide bonds. The zero-order valence-corrected chi connectivity index (χ0v) is 18.1. The molecule has 2 heterocycles. The predicted molar refractivity (Wildman–Crippen MR) is 111 cm³/mol. The van der Waals surface area contributed by atoms with Gasteiger partial charge in [-0.25, -0.2) is 9.78 Å². The first-order valence-corrected chi connectivity index (χ1v) is 9.94. The quantitative estimate of drug-likeness (QED) is 0.639. The van der Waals surface area contributed by atoms with Crippen molar-refractivity contribution in [1.29, 1.82) is 0 Å². The van der Waals surface area contributed by atoms with Crippen LogP contribution in [0, 0.1) is 0 Å². The van der Waals surface area contributed by atoms with Gasteiger partial charge in [0.05, 0.1) is 7.11 Å². The van der Waals surface area contributed by atoms with Crippen molar-refractivity contribution in [2.24, 2.45) is 0 Å². The van der Waals surface area contributed by atoms with Gasteiger partial charge in [0, 0.05) is 51.4 Å². The molecule has 0 aliphatic carbocycles. The summed E-state index contributed by atoms with van der Waals surface area (Å²) in [6, 6.07) is 7.20. The fourth-order valence-corrected chi connectivity index (χ4v) is 3.50. The van der Waals surface area contributed by atoms with Gasteiger partial charge in [-0.2, -0.15) is 18.2 Å². The van der Waals surface area contributed by atoms with Gasteiger partial charge in [0.1, 0.15) is 11.9 Å². The highest BCUT2D eigenvalue weighted by molar-refractivity contribution is 6.30. The van der Waals surface area contributed by atoms with Crippen molar-refractivity contribution in [2.75, 3.05) is 57.2 Å². The summed E-state index contributed by atoms with van der Waals surface area (Å²) in [5.74, 6) is -0.228. The second-order valence-electron chi connectivity index (χ2n) is 7.30. The van der Waals surface area contributed by atoms with E-state index < -0.39 is 23.9 Å². The number of carbonyl (C=O) groups is 1. The number of anilines is 2. The zero-order valence-electron chi connectivity index (χ0n) is 17.4. The van der Waals surface area contributed by atoms with Crippen molar-refractivity contribution in [3.8, 4) is 0 Å². The normalized spacial score (nSPS) is 16.2. The maximum Gasteiger partial charge on any atom is 0.433 e. The van der Waals surface area contributed by atoms with Crippen molar-refractivity contribution in [2.45, 2.75) is 12.2 Å². The number of halogens is 4. The van der Waals surface area contributed by atoms with E-state index in [-0.39, 0.29) is 11.8 Å². The van der Waals surface area contributed by atoms with Crippen LogP contribution < -0.4 is 9.80 Å². The van der Waals surface area contributed by atoms with E-state index >= 15 is 0 Å². The molecule has 0 radical (unpaired) electrons. The van der Waals surface area contributed by atoms with E-state index in [1.165, 1.54) is 12.0 Å². The van der Waals surface area contributed by atoms with Crippen LogP contribution in [0.4, 0.5) is 24.9 Å². The number of hydrogen-bond acceptors (Lipinski definition) is 7. The smallest absolute Gasteiger partial charge is 0.433 e. The lowest BCUT2D eigenvalue weighted by atomic mass is 10.0. The lowest BCUT2D eigenvalue weighted by molar-refractivity contribution is -0.147. The molecule has 1 atom stereocenters. The average molecular weight is 458 g/mol. The summed E-state index contributed by atoms with van der Waals surface area (Å²) in [6.07, 6.45) is -4.57. The second-order valence-corrected chi connectivity index (χ2v) is 7.74. The number of aromatic nitrogens is 2. The maximum atomic E-state index is 13.3. The van der Waals surface area contributed by atoms with Gasteiger partial charge in [0.25, 0.3) is 0 Å². The van der Waals surface area contributed by atoms with Crippen molar-refractivity contribution in [3.05, 3.63) is 46.6 Å². The molecule has 1 aliphatic rings. The molecule has 1 aromatic heterocycles. The molecule has 1 saturated heterocycles. The Bertz CT molecular complexity index is 916. The lowest BCUT2D eigenvalue weighted by Crippen LogP contribution is -2.50. The van der Waals surface area contributed by atoms with Gasteiger partial charge < -0.3 is 14.5 Å². The molecule has 11 heteroatoms. The summed E-state index contributed by atoms with van der Waals surface area (Å²) in [5.41, 5.74) is -0.257. The lowest BCUT2D eigenvalue weighted by Gasteiger charge is -2.38. The molecule has 3 rings (SSSR count). The molecule has 31 heavy (non-hydrogen) atoms. The Morgan fingerprint density at radius 3 is 2.26 bits per heavy atom. The van der Waals surface area contributed by atoms with E-state index in [9.17, 15) is 18.0 Å².